The first-order chi connectivity index (χ1) is 8.65. The van der Waals surface area contributed by atoms with Crippen molar-refractivity contribution in [3.63, 3.8) is 0 Å². The van der Waals surface area contributed by atoms with Gasteiger partial charge in [-0.05, 0) is 43.1 Å². The second-order valence-electron chi connectivity index (χ2n) is 4.23. The van der Waals surface area contributed by atoms with E-state index in [-0.39, 0.29) is 5.82 Å². The quantitative estimate of drug-likeness (QED) is 0.825. The lowest BCUT2D eigenvalue weighted by atomic mass is 10.1. The summed E-state index contributed by atoms with van der Waals surface area (Å²) in [5, 5.41) is 7.02. The Kier molecular flexibility index (Phi) is 4.04. The highest BCUT2D eigenvalue weighted by molar-refractivity contribution is 5.26. The van der Waals surface area contributed by atoms with Crippen LogP contribution in [0.1, 0.15) is 22.8 Å². The van der Waals surface area contributed by atoms with Gasteiger partial charge in [-0.25, -0.2) is 4.39 Å². The van der Waals surface area contributed by atoms with Crippen LogP contribution in [-0.2, 0) is 13.0 Å². The molecule has 1 N–H and O–H groups in total. The van der Waals surface area contributed by atoms with E-state index in [1.54, 1.807) is 13.0 Å². The van der Waals surface area contributed by atoms with Crippen molar-refractivity contribution >= 4 is 0 Å². The van der Waals surface area contributed by atoms with E-state index in [2.05, 4.69) is 15.5 Å². The fourth-order valence-electron chi connectivity index (χ4n) is 1.78. The number of benzene rings is 1. The van der Waals surface area contributed by atoms with Gasteiger partial charge in [-0.3, -0.25) is 0 Å². The summed E-state index contributed by atoms with van der Waals surface area (Å²) in [4.78, 5) is 4.09. The summed E-state index contributed by atoms with van der Waals surface area (Å²) < 4.78 is 17.8. The second-order valence-corrected chi connectivity index (χ2v) is 4.23. The fraction of sp³-hybridized carbons (Fsp3) is 0.385. The maximum Gasteiger partial charge on any atom is 0.223 e. The zero-order valence-corrected chi connectivity index (χ0v) is 10.5. The summed E-state index contributed by atoms with van der Waals surface area (Å²) in [5.74, 6) is 1.04. The fourth-order valence-corrected chi connectivity index (χ4v) is 1.78. The van der Waals surface area contributed by atoms with Crippen LogP contribution in [-0.4, -0.2) is 16.7 Å². The number of halogens is 1. The van der Waals surface area contributed by atoms with Crippen molar-refractivity contribution < 1.29 is 8.91 Å². The lowest BCUT2D eigenvalue weighted by Gasteiger charge is -2.06. The average molecular weight is 249 g/mol. The third-order valence-electron chi connectivity index (χ3n) is 2.73. The number of hydrogen-bond acceptors (Lipinski definition) is 4. The number of nitrogens with one attached hydrogen (secondary N) is 1. The summed E-state index contributed by atoms with van der Waals surface area (Å²) in [7, 11) is 0. The van der Waals surface area contributed by atoms with Gasteiger partial charge >= 0.3 is 0 Å². The van der Waals surface area contributed by atoms with Gasteiger partial charge in [-0.1, -0.05) is 11.2 Å². The minimum Gasteiger partial charge on any atom is -0.340 e. The molecule has 0 radical (unpaired) electrons. The van der Waals surface area contributed by atoms with Gasteiger partial charge in [0, 0.05) is 6.92 Å². The number of aromatic nitrogens is 2. The van der Waals surface area contributed by atoms with Crippen molar-refractivity contribution in [2.45, 2.75) is 26.8 Å². The summed E-state index contributed by atoms with van der Waals surface area (Å²) in [6, 6.07) is 4.87. The number of hydrogen-bond donors (Lipinski definition) is 1. The Hall–Kier alpha value is -1.75. The predicted octanol–water partition coefficient (Wildman–Crippen LogP) is 2.16. The van der Waals surface area contributed by atoms with Crippen LogP contribution in [0.4, 0.5) is 4.39 Å². The minimum atomic E-state index is -0.188. The lowest BCUT2D eigenvalue weighted by Crippen LogP contribution is -2.17. The van der Waals surface area contributed by atoms with Crippen LogP contribution in [0.25, 0.3) is 0 Å². The SMILES string of the molecule is Cc1nc(CNCCc2ccc(F)cc2C)no1. The topological polar surface area (TPSA) is 51.0 Å². The molecule has 0 saturated heterocycles. The molecule has 0 saturated carbocycles. The maximum atomic E-state index is 12.9. The highest BCUT2D eigenvalue weighted by atomic mass is 19.1. The molecule has 0 bridgehead atoms. The van der Waals surface area contributed by atoms with E-state index in [0.29, 0.717) is 18.3 Å². The highest BCUT2D eigenvalue weighted by Crippen LogP contribution is 2.10. The summed E-state index contributed by atoms with van der Waals surface area (Å²) >= 11 is 0. The Morgan fingerprint density at radius 1 is 1.33 bits per heavy atom. The van der Waals surface area contributed by atoms with E-state index in [1.807, 2.05) is 13.0 Å². The molecule has 0 spiro atoms. The van der Waals surface area contributed by atoms with E-state index in [1.165, 1.54) is 6.07 Å². The van der Waals surface area contributed by atoms with Crippen LogP contribution in [0, 0.1) is 19.7 Å². The number of aryl methyl sites for hydroxylation is 2. The molecule has 2 aromatic rings. The molecule has 4 nitrogen and oxygen atoms in total. The lowest BCUT2D eigenvalue weighted by molar-refractivity contribution is 0.385. The van der Waals surface area contributed by atoms with Crippen LogP contribution in [0.3, 0.4) is 0 Å². The van der Waals surface area contributed by atoms with E-state index in [9.17, 15) is 4.39 Å². The van der Waals surface area contributed by atoms with Crippen LogP contribution in [0.2, 0.25) is 0 Å². The van der Waals surface area contributed by atoms with Crippen molar-refractivity contribution in [2.75, 3.05) is 6.54 Å². The molecular weight excluding hydrogens is 233 g/mol. The van der Waals surface area contributed by atoms with Gasteiger partial charge in [-0.2, -0.15) is 4.98 Å². The van der Waals surface area contributed by atoms with E-state index >= 15 is 0 Å². The molecule has 0 amide bonds. The molecule has 18 heavy (non-hydrogen) atoms. The highest BCUT2D eigenvalue weighted by Gasteiger charge is 2.02. The van der Waals surface area contributed by atoms with Gasteiger partial charge in [0.25, 0.3) is 0 Å². The third-order valence-corrected chi connectivity index (χ3v) is 2.73. The van der Waals surface area contributed by atoms with Crippen LogP contribution < -0.4 is 5.32 Å². The Bertz CT molecular complexity index is 525. The first-order valence-corrected chi connectivity index (χ1v) is 5.90. The first kappa shape index (κ1) is 12.7. The molecule has 1 heterocycles. The zero-order chi connectivity index (χ0) is 13.0. The number of rotatable bonds is 5. The standard InChI is InChI=1S/C13H16FN3O/c1-9-7-12(14)4-3-11(9)5-6-15-8-13-16-10(2)18-17-13/h3-4,7,15H,5-6,8H2,1-2H3. The summed E-state index contributed by atoms with van der Waals surface area (Å²) in [6.07, 6.45) is 0.850. The van der Waals surface area contributed by atoms with E-state index < -0.39 is 0 Å². The largest absolute Gasteiger partial charge is 0.340 e. The van der Waals surface area contributed by atoms with Gasteiger partial charge in [0.2, 0.25) is 5.89 Å². The van der Waals surface area contributed by atoms with Crippen LogP contribution in [0.15, 0.2) is 22.7 Å². The van der Waals surface area contributed by atoms with Gasteiger partial charge in [0.1, 0.15) is 5.82 Å². The molecule has 0 aliphatic heterocycles. The first-order valence-electron chi connectivity index (χ1n) is 5.90. The molecule has 0 fully saturated rings. The summed E-state index contributed by atoms with van der Waals surface area (Å²) in [5.41, 5.74) is 2.13. The van der Waals surface area contributed by atoms with Gasteiger partial charge in [-0.15, -0.1) is 0 Å². The van der Waals surface area contributed by atoms with E-state index in [0.717, 1.165) is 24.1 Å². The Morgan fingerprint density at radius 2 is 2.17 bits per heavy atom. The monoisotopic (exact) mass is 249 g/mol. The average Bonchev–Trinajstić information content (AvgIpc) is 2.73. The van der Waals surface area contributed by atoms with E-state index in [4.69, 9.17) is 4.52 Å². The molecular formula is C13H16FN3O. The molecule has 1 aromatic heterocycles. The Balaban J connectivity index is 1.78. The molecule has 0 aliphatic carbocycles. The Labute approximate surface area is 105 Å². The summed E-state index contributed by atoms with van der Waals surface area (Å²) in [6.45, 7) is 5.05. The maximum absolute atomic E-state index is 12.9. The molecule has 0 aliphatic rings. The minimum absolute atomic E-state index is 0.188. The molecule has 0 unspecified atom stereocenters. The molecule has 96 valence electrons. The van der Waals surface area contributed by atoms with Gasteiger partial charge < -0.3 is 9.84 Å². The van der Waals surface area contributed by atoms with Crippen molar-refractivity contribution in [1.82, 2.24) is 15.5 Å². The molecule has 1 aromatic carbocycles. The van der Waals surface area contributed by atoms with Gasteiger partial charge in [0.05, 0.1) is 6.54 Å². The third kappa shape index (κ3) is 3.37. The smallest absolute Gasteiger partial charge is 0.223 e. The van der Waals surface area contributed by atoms with Crippen molar-refractivity contribution in [2.24, 2.45) is 0 Å². The second kappa shape index (κ2) is 5.73. The predicted molar refractivity (Wildman–Crippen MR) is 65.6 cm³/mol. The van der Waals surface area contributed by atoms with Crippen molar-refractivity contribution in [1.29, 1.82) is 0 Å². The van der Waals surface area contributed by atoms with Crippen LogP contribution in [0.5, 0.6) is 0 Å². The number of nitrogens with zero attached hydrogens (tertiary/aromatic N) is 2. The Morgan fingerprint density at radius 3 is 2.83 bits per heavy atom. The van der Waals surface area contributed by atoms with Crippen LogP contribution >= 0.6 is 0 Å². The molecule has 2 rings (SSSR count). The molecule has 0 atom stereocenters. The van der Waals surface area contributed by atoms with Crippen molar-refractivity contribution in [3.8, 4) is 0 Å². The molecule has 5 heteroatoms. The zero-order valence-electron chi connectivity index (χ0n) is 10.5. The van der Waals surface area contributed by atoms with Crippen molar-refractivity contribution in [3.05, 3.63) is 46.9 Å². The van der Waals surface area contributed by atoms with Gasteiger partial charge in [0.15, 0.2) is 5.82 Å². The normalized spacial score (nSPS) is 10.8.